The van der Waals surface area contributed by atoms with Crippen LogP contribution in [-0.2, 0) is 0 Å². The van der Waals surface area contributed by atoms with Crippen molar-refractivity contribution >= 4 is 23.4 Å². The zero-order chi connectivity index (χ0) is 17.5. The van der Waals surface area contributed by atoms with Crippen molar-refractivity contribution < 1.29 is 0 Å². The van der Waals surface area contributed by atoms with Gasteiger partial charge < -0.3 is 10.6 Å². The van der Waals surface area contributed by atoms with Crippen LogP contribution >= 0.6 is 11.8 Å². The highest BCUT2D eigenvalue weighted by Crippen LogP contribution is 2.23. The molecule has 24 heavy (non-hydrogen) atoms. The molecule has 6 nitrogen and oxygen atoms in total. The van der Waals surface area contributed by atoms with Crippen molar-refractivity contribution in [2.75, 3.05) is 31.2 Å². The summed E-state index contributed by atoms with van der Waals surface area (Å²) in [7, 11) is 0. The molecular formula is C17H30N6S. The fourth-order valence-corrected chi connectivity index (χ4v) is 3.17. The van der Waals surface area contributed by atoms with E-state index in [4.69, 9.17) is 0 Å². The molecule has 2 aromatic heterocycles. The van der Waals surface area contributed by atoms with Crippen LogP contribution in [0.1, 0.15) is 52.0 Å². The quantitative estimate of drug-likeness (QED) is 0.806. The highest BCUT2D eigenvalue weighted by molar-refractivity contribution is 7.98. The molecule has 0 atom stereocenters. The molecule has 0 aliphatic carbocycles. The molecule has 0 radical (unpaired) electrons. The number of nitrogens with zero attached hydrogens (tertiary/aromatic N) is 4. The predicted molar refractivity (Wildman–Crippen MR) is 102 cm³/mol. The van der Waals surface area contributed by atoms with Gasteiger partial charge in [-0.25, -0.2) is 4.98 Å². The maximum absolute atomic E-state index is 4.63. The number of rotatable bonds is 5. The molecule has 3 heterocycles. The summed E-state index contributed by atoms with van der Waals surface area (Å²) in [5.41, 5.74) is 2.09. The molecule has 134 valence electrons. The zero-order valence-electron chi connectivity index (χ0n) is 15.5. The number of anilines is 1. The second-order valence-electron chi connectivity index (χ2n) is 6.10. The molecule has 0 saturated carbocycles. The summed E-state index contributed by atoms with van der Waals surface area (Å²) >= 11 is 1.57. The summed E-state index contributed by atoms with van der Waals surface area (Å²) in [6, 6.07) is 0. The summed E-state index contributed by atoms with van der Waals surface area (Å²) in [5, 5.41) is 12.2. The number of hydrogen-bond donors (Lipinski definition) is 2. The standard InChI is InChI=1S/C15H24N6S.C2H6/c1-10(2)12-9-18-21-13(12)19-15(22-3)20-14(21)17-8-11-4-6-16-7-5-11;1-2/h9-11,16H,4-8H2,1-3H3,(H,17,19,20);1-2H3. The Morgan fingerprint density at radius 3 is 2.62 bits per heavy atom. The Morgan fingerprint density at radius 1 is 1.29 bits per heavy atom. The second kappa shape index (κ2) is 9.22. The molecule has 1 fully saturated rings. The normalized spacial score (nSPS) is 15.4. The third kappa shape index (κ3) is 4.39. The van der Waals surface area contributed by atoms with Gasteiger partial charge in [0.15, 0.2) is 10.8 Å². The third-order valence-corrected chi connectivity index (χ3v) is 4.73. The molecule has 0 unspecified atom stereocenters. The molecule has 0 bridgehead atoms. The maximum atomic E-state index is 4.63. The molecule has 0 spiro atoms. The van der Waals surface area contributed by atoms with Crippen molar-refractivity contribution in [1.29, 1.82) is 0 Å². The predicted octanol–water partition coefficient (Wildman–Crippen LogP) is 3.41. The Morgan fingerprint density at radius 2 is 2.00 bits per heavy atom. The summed E-state index contributed by atoms with van der Waals surface area (Å²) in [4.78, 5) is 9.23. The van der Waals surface area contributed by atoms with Crippen molar-refractivity contribution in [2.45, 2.75) is 51.6 Å². The Kier molecular flexibility index (Phi) is 7.30. The van der Waals surface area contributed by atoms with Crippen LogP contribution in [0.5, 0.6) is 0 Å². The molecule has 7 heteroatoms. The van der Waals surface area contributed by atoms with E-state index >= 15 is 0 Å². The average Bonchev–Trinajstić information content (AvgIpc) is 3.06. The van der Waals surface area contributed by atoms with Gasteiger partial charge in [-0.2, -0.15) is 14.6 Å². The fraction of sp³-hybridized carbons (Fsp3) is 0.706. The first-order valence-electron chi connectivity index (χ1n) is 8.93. The van der Waals surface area contributed by atoms with Gasteiger partial charge in [-0.3, -0.25) is 0 Å². The highest BCUT2D eigenvalue weighted by Gasteiger charge is 2.17. The first kappa shape index (κ1) is 19.0. The number of fused-ring (bicyclic) bond motifs is 1. The van der Waals surface area contributed by atoms with Gasteiger partial charge >= 0.3 is 0 Å². The van der Waals surface area contributed by atoms with E-state index in [1.54, 1.807) is 11.8 Å². The van der Waals surface area contributed by atoms with Gasteiger partial charge in [-0.1, -0.05) is 39.5 Å². The molecule has 1 saturated heterocycles. The molecular weight excluding hydrogens is 320 g/mol. The fourth-order valence-electron chi connectivity index (χ4n) is 2.81. The largest absolute Gasteiger partial charge is 0.354 e. The van der Waals surface area contributed by atoms with E-state index in [2.05, 4.69) is 39.5 Å². The van der Waals surface area contributed by atoms with Crippen LogP contribution in [0.4, 0.5) is 5.95 Å². The van der Waals surface area contributed by atoms with Crippen LogP contribution in [0.25, 0.3) is 5.65 Å². The number of piperidine rings is 1. The van der Waals surface area contributed by atoms with Crippen LogP contribution < -0.4 is 10.6 Å². The molecule has 3 rings (SSSR count). The molecule has 1 aliphatic rings. The Balaban J connectivity index is 0.00000100. The monoisotopic (exact) mass is 350 g/mol. The first-order valence-corrected chi connectivity index (χ1v) is 10.2. The number of nitrogens with one attached hydrogen (secondary N) is 2. The SMILES string of the molecule is CC.CSc1nc(NCC2CCNCC2)n2ncc(C(C)C)c2n1. The number of hydrogen-bond acceptors (Lipinski definition) is 6. The lowest BCUT2D eigenvalue weighted by Crippen LogP contribution is -2.31. The van der Waals surface area contributed by atoms with E-state index in [1.165, 1.54) is 18.4 Å². The van der Waals surface area contributed by atoms with Crippen molar-refractivity contribution in [1.82, 2.24) is 24.9 Å². The zero-order valence-corrected chi connectivity index (χ0v) is 16.3. The van der Waals surface area contributed by atoms with E-state index in [-0.39, 0.29) is 0 Å². The van der Waals surface area contributed by atoms with Crippen molar-refractivity contribution in [3.63, 3.8) is 0 Å². The van der Waals surface area contributed by atoms with Crippen LogP contribution in [0.3, 0.4) is 0 Å². The Labute approximate surface area is 149 Å². The lowest BCUT2D eigenvalue weighted by Gasteiger charge is -2.23. The Hall–Kier alpha value is -1.34. The average molecular weight is 351 g/mol. The Bertz CT molecular complexity index is 633. The van der Waals surface area contributed by atoms with Gasteiger partial charge in [0, 0.05) is 12.1 Å². The van der Waals surface area contributed by atoms with E-state index in [1.807, 2.05) is 30.8 Å². The lowest BCUT2D eigenvalue weighted by molar-refractivity contribution is 0.389. The van der Waals surface area contributed by atoms with Crippen LogP contribution in [-0.4, -0.2) is 45.5 Å². The van der Waals surface area contributed by atoms with Gasteiger partial charge in [-0.15, -0.1) is 0 Å². The van der Waals surface area contributed by atoms with E-state index in [0.717, 1.165) is 36.4 Å². The van der Waals surface area contributed by atoms with E-state index < -0.39 is 0 Å². The van der Waals surface area contributed by atoms with Crippen LogP contribution in [0.2, 0.25) is 0 Å². The topological polar surface area (TPSA) is 67.1 Å². The molecule has 0 amide bonds. The minimum absolute atomic E-state index is 0.402. The summed E-state index contributed by atoms with van der Waals surface area (Å²) in [6.45, 7) is 11.5. The molecule has 2 aromatic rings. The van der Waals surface area contributed by atoms with Gasteiger partial charge in [0.2, 0.25) is 5.95 Å². The minimum Gasteiger partial charge on any atom is -0.354 e. The van der Waals surface area contributed by atoms with Crippen molar-refractivity contribution in [2.24, 2.45) is 5.92 Å². The van der Waals surface area contributed by atoms with Crippen molar-refractivity contribution in [3.05, 3.63) is 11.8 Å². The molecule has 0 aromatic carbocycles. The van der Waals surface area contributed by atoms with E-state index in [0.29, 0.717) is 11.8 Å². The molecule has 1 aliphatic heterocycles. The molecule has 2 N–H and O–H groups in total. The smallest absolute Gasteiger partial charge is 0.228 e. The summed E-state index contributed by atoms with van der Waals surface area (Å²) < 4.78 is 1.84. The first-order chi connectivity index (χ1) is 11.7. The van der Waals surface area contributed by atoms with Gasteiger partial charge in [0.05, 0.1) is 6.20 Å². The maximum Gasteiger partial charge on any atom is 0.228 e. The number of thioether (sulfide) groups is 1. The van der Waals surface area contributed by atoms with Crippen LogP contribution in [0, 0.1) is 5.92 Å². The lowest BCUT2D eigenvalue weighted by atomic mass is 9.98. The highest BCUT2D eigenvalue weighted by atomic mass is 32.2. The second-order valence-corrected chi connectivity index (χ2v) is 6.87. The third-order valence-electron chi connectivity index (χ3n) is 4.19. The minimum atomic E-state index is 0.402. The van der Waals surface area contributed by atoms with Gasteiger partial charge in [0.25, 0.3) is 0 Å². The van der Waals surface area contributed by atoms with E-state index in [9.17, 15) is 0 Å². The van der Waals surface area contributed by atoms with Gasteiger partial charge in [0.1, 0.15) is 0 Å². The van der Waals surface area contributed by atoms with Gasteiger partial charge in [-0.05, 0) is 44.0 Å². The van der Waals surface area contributed by atoms with Crippen molar-refractivity contribution in [3.8, 4) is 0 Å². The van der Waals surface area contributed by atoms with Crippen LogP contribution in [0.15, 0.2) is 11.4 Å². The number of aromatic nitrogens is 4. The summed E-state index contributed by atoms with van der Waals surface area (Å²) in [6.07, 6.45) is 6.35. The summed E-state index contributed by atoms with van der Waals surface area (Å²) in [5.74, 6) is 1.91.